The van der Waals surface area contributed by atoms with Crippen molar-refractivity contribution in [3.05, 3.63) is 108 Å². The first-order valence-electron chi connectivity index (χ1n) is 12.3. The van der Waals surface area contributed by atoms with Crippen LogP contribution in [0.1, 0.15) is 50.7 Å². The van der Waals surface area contributed by atoms with E-state index in [1.807, 2.05) is 24.3 Å². The lowest BCUT2D eigenvalue weighted by Gasteiger charge is -2.09. The summed E-state index contributed by atoms with van der Waals surface area (Å²) in [5.74, 6) is 1.71. The van der Waals surface area contributed by atoms with Crippen molar-refractivity contribution in [3.8, 4) is 33.8 Å². The zero-order valence-electron chi connectivity index (χ0n) is 19.9. The molecule has 168 valence electrons. The molecule has 0 spiro atoms. The molecular formula is C32H34O. The predicted octanol–water partition coefficient (Wildman–Crippen LogP) is 9.50. The highest BCUT2D eigenvalue weighted by Crippen LogP contribution is 2.28. The van der Waals surface area contributed by atoms with E-state index >= 15 is 0 Å². The third-order valence-electron chi connectivity index (χ3n) is 6.16. The molecule has 1 heteroatoms. The molecule has 0 aromatic heterocycles. The van der Waals surface area contributed by atoms with Gasteiger partial charge in [0.2, 0.25) is 0 Å². The van der Waals surface area contributed by atoms with Gasteiger partial charge >= 0.3 is 0 Å². The molecule has 0 heterocycles. The van der Waals surface area contributed by atoms with E-state index in [1.165, 1.54) is 59.1 Å². The first kappa shape index (κ1) is 22.9. The molecule has 0 fully saturated rings. The zero-order valence-corrected chi connectivity index (χ0v) is 19.9. The molecule has 4 aromatic carbocycles. The Morgan fingerprint density at radius 3 is 1.03 bits per heavy atom. The van der Waals surface area contributed by atoms with Gasteiger partial charge in [-0.3, -0.25) is 0 Å². The maximum absolute atomic E-state index is 6.09. The number of aryl methyl sites for hydroxylation is 2. The van der Waals surface area contributed by atoms with E-state index in [4.69, 9.17) is 4.74 Å². The lowest BCUT2D eigenvalue weighted by molar-refractivity contribution is 0.483. The van der Waals surface area contributed by atoms with Gasteiger partial charge in [0, 0.05) is 0 Å². The van der Waals surface area contributed by atoms with Crippen molar-refractivity contribution in [2.24, 2.45) is 0 Å². The predicted molar refractivity (Wildman–Crippen MR) is 141 cm³/mol. The van der Waals surface area contributed by atoms with Crippen LogP contribution in [0.3, 0.4) is 0 Å². The second-order valence-electron chi connectivity index (χ2n) is 8.75. The van der Waals surface area contributed by atoms with Gasteiger partial charge in [-0.25, -0.2) is 0 Å². The normalized spacial score (nSPS) is 10.8. The number of ether oxygens (including phenoxy) is 1. The van der Waals surface area contributed by atoms with Gasteiger partial charge in [-0.1, -0.05) is 99.5 Å². The summed E-state index contributed by atoms with van der Waals surface area (Å²) in [6.07, 6.45) is 7.28. The van der Waals surface area contributed by atoms with Crippen molar-refractivity contribution in [1.29, 1.82) is 0 Å². The molecule has 0 radical (unpaired) electrons. The highest BCUT2D eigenvalue weighted by molar-refractivity contribution is 5.66. The molecule has 0 aliphatic rings. The number of unbranched alkanes of at least 4 members (excludes halogenated alkanes) is 2. The maximum Gasteiger partial charge on any atom is 0.127 e. The molecule has 0 bridgehead atoms. The average molecular weight is 435 g/mol. The van der Waals surface area contributed by atoms with Crippen molar-refractivity contribution < 1.29 is 4.74 Å². The second kappa shape index (κ2) is 11.5. The number of hydrogen-bond acceptors (Lipinski definition) is 1. The van der Waals surface area contributed by atoms with Crippen LogP contribution in [0.15, 0.2) is 97.1 Å². The molecule has 0 atom stereocenters. The molecule has 4 rings (SSSR count). The molecule has 0 N–H and O–H groups in total. The maximum atomic E-state index is 6.09. The van der Waals surface area contributed by atoms with Crippen molar-refractivity contribution >= 4 is 0 Å². The van der Waals surface area contributed by atoms with Crippen LogP contribution in [0.2, 0.25) is 0 Å². The van der Waals surface area contributed by atoms with Gasteiger partial charge in [0.05, 0.1) is 0 Å². The molecular weight excluding hydrogens is 400 g/mol. The van der Waals surface area contributed by atoms with E-state index in [9.17, 15) is 0 Å². The van der Waals surface area contributed by atoms with Crippen LogP contribution in [0.4, 0.5) is 0 Å². The summed E-state index contributed by atoms with van der Waals surface area (Å²) < 4.78 is 6.09. The van der Waals surface area contributed by atoms with Crippen LogP contribution in [0.25, 0.3) is 22.3 Å². The molecule has 0 aliphatic heterocycles. The lowest BCUT2D eigenvalue weighted by Crippen LogP contribution is -1.87. The molecule has 0 amide bonds. The summed E-state index contributed by atoms with van der Waals surface area (Å²) in [5, 5.41) is 0. The SMILES string of the molecule is CCCCc1ccc(-c2ccc(Oc3ccc(-c4ccc(CCCC)cc4)cc3)cc2)cc1. The van der Waals surface area contributed by atoms with Crippen LogP contribution < -0.4 is 4.74 Å². The third kappa shape index (κ3) is 6.35. The zero-order chi connectivity index (χ0) is 22.9. The van der Waals surface area contributed by atoms with Crippen LogP contribution in [0, 0.1) is 0 Å². The molecule has 0 saturated heterocycles. The summed E-state index contributed by atoms with van der Waals surface area (Å²) in [6, 6.07) is 34.6. The van der Waals surface area contributed by atoms with Gasteiger partial charge in [0.15, 0.2) is 0 Å². The van der Waals surface area contributed by atoms with Gasteiger partial charge in [0.25, 0.3) is 0 Å². The summed E-state index contributed by atoms with van der Waals surface area (Å²) in [7, 11) is 0. The largest absolute Gasteiger partial charge is 0.457 e. The highest BCUT2D eigenvalue weighted by Gasteiger charge is 2.03. The quantitative estimate of drug-likeness (QED) is 0.241. The second-order valence-corrected chi connectivity index (χ2v) is 8.75. The molecule has 4 aromatic rings. The Balaban J connectivity index is 1.37. The molecule has 0 unspecified atom stereocenters. The molecule has 1 nitrogen and oxygen atoms in total. The third-order valence-corrected chi connectivity index (χ3v) is 6.16. The van der Waals surface area contributed by atoms with Gasteiger partial charge in [0.1, 0.15) is 11.5 Å². The van der Waals surface area contributed by atoms with Crippen LogP contribution in [-0.2, 0) is 12.8 Å². The smallest absolute Gasteiger partial charge is 0.127 e. The van der Waals surface area contributed by atoms with Crippen LogP contribution in [-0.4, -0.2) is 0 Å². The minimum Gasteiger partial charge on any atom is -0.457 e. The lowest BCUT2D eigenvalue weighted by atomic mass is 10.0. The fraction of sp³-hybridized carbons (Fsp3) is 0.250. The first-order valence-corrected chi connectivity index (χ1v) is 12.3. The van der Waals surface area contributed by atoms with E-state index in [-0.39, 0.29) is 0 Å². The Kier molecular flexibility index (Phi) is 7.98. The van der Waals surface area contributed by atoms with Gasteiger partial charge in [-0.2, -0.15) is 0 Å². The Bertz CT molecular complexity index is 1010. The minimum absolute atomic E-state index is 0.853. The van der Waals surface area contributed by atoms with Gasteiger partial charge in [-0.15, -0.1) is 0 Å². The summed E-state index contributed by atoms with van der Waals surface area (Å²) >= 11 is 0. The van der Waals surface area contributed by atoms with Crippen molar-refractivity contribution in [2.75, 3.05) is 0 Å². The first-order chi connectivity index (χ1) is 16.2. The van der Waals surface area contributed by atoms with E-state index in [0.29, 0.717) is 0 Å². The van der Waals surface area contributed by atoms with E-state index in [0.717, 1.165) is 24.3 Å². The Labute approximate surface area is 199 Å². The van der Waals surface area contributed by atoms with Gasteiger partial charge in [-0.05, 0) is 83.3 Å². The fourth-order valence-corrected chi connectivity index (χ4v) is 4.06. The van der Waals surface area contributed by atoms with Gasteiger partial charge < -0.3 is 4.74 Å². The van der Waals surface area contributed by atoms with Crippen molar-refractivity contribution in [1.82, 2.24) is 0 Å². The molecule has 0 aliphatic carbocycles. The Morgan fingerprint density at radius 1 is 0.424 bits per heavy atom. The molecule has 33 heavy (non-hydrogen) atoms. The van der Waals surface area contributed by atoms with Crippen LogP contribution >= 0.6 is 0 Å². The van der Waals surface area contributed by atoms with Crippen molar-refractivity contribution in [3.63, 3.8) is 0 Å². The topological polar surface area (TPSA) is 9.23 Å². The highest BCUT2D eigenvalue weighted by atomic mass is 16.5. The van der Waals surface area contributed by atoms with Crippen molar-refractivity contribution in [2.45, 2.75) is 52.4 Å². The minimum atomic E-state index is 0.853. The fourth-order valence-electron chi connectivity index (χ4n) is 4.06. The number of rotatable bonds is 10. The summed E-state index contributed by atoms with van der Waals surface area (Å²) in [6.45, 7) is 4.47. The van der Waals surface area contributed by atoms with E-state index < -0.39 is 0 Å². The van der Waals surface area contributed by atoms with Crippen LogP contribution in [0.5, 0.6) is 11.5 Å². The Hall–Kier alpha value is -3.32. The molecule has 0 saturated carbocycles. The Morgan fingerprint density at radius 2 is 0.727 bits per heavy atom. The number of hydrogen-bond donors (Lipinski definition) is 0. The monoisotopic (exact) mass is 434 g/mol. The summed E-state index contributed by atoms with van der Waals surface area (Å²) in [5.41, 5.74) is 7.73. The standard InChI is InChI=1S/C32H34O/c1-3-5-7-25-9-13-27(14-10-25)29-17-21-31(22-18-29)33-32-23-19-30(20-24-32)28-15-11-26(12-16-28)8-6-4-2/h9-24H,3-8H2,1-2H3. The summed E-state index contributed by atoms with van der Waals surface area (Å²) in [4.78, 5) is 0. The average Bonchev–Trinajstić information content (AvgIpc) is 2.88. The van der Waals surface area contributed by atoms with E-state index in [1.54, 1.807) is 0 Å². The number of benzene rings is 4. The van der Waals surface area contributed by atoms with E-state index in [2.05, 4.69) is 86.6 Å².